The monoisotopic (exact) mass is 1180 g/mol. The van der Waals surface area contributed by atoms with Crippen LogP contribution >= 0.6 is 7.82 Å². The van der Waals surface area contributed by atoms with Crippen molar-refractivity contribution in [1.29, 1.82) is 0 Å². The van der Waals surface area contributed by atoms with Crippen molar-refractivity contribution in [2.45, 2.75) is 328 Å². The molecule has 83 heavy (non-hydrogen) atoms. The SMILES string of the molecule is CC/C=C\C/C=C\C/C=C\C/C=C\C/C=C\C/C=C\C/C=C\C/C=C\CCCCCCCCCCC(=O)NC(COP(=O)([O-])OCC[N+](C)(C)C)C(O)CCCCCCCCCCCCCCCCCCCCCCCCCCCCCC. The number of nitrogens with zero attached hydrogens (tertiary/aromatic N) is 1. The summed E-state index contributed by atoms with van der Waals surface area (Å²) in [5.41, 5.74) is 0. The first-order valence-electron chi connectivity index (χ1n) is 35.1. The van der Waals surface area contributed by atoms with Gasteiger partial charge in [0.25, 0.3) is 7.82 Å². The second-order valence-corrected chi connectivity index (χ2v) is 26.3. The van der Waals surface area contributed by atoms with Gasteiger partial charge in [0.05, 0.1) is 39.9 Å². The maximum atomic E-state index is 13.1. The van der Waals surface area contributed by atoms with Gasteiger partial charge in [-0.3, -0.25) is 9.36 Å². The standard InChI is InChI=1S/C74H135N2O6P/c1-6-8-10-12-14-16-18-20-22-24-26-28-30-32-34-36-37-38-39-40-42-44-46-48-50-52-54-56-58-60-62-64-66-68-74(78)75-72(71-82-83(79,80)81-70-69-76(3,4)5)73(77)67-65-63-61-59-57-55-53-51-49-47-45-43-41-35-33-31-29-27-25-23-21-19-17-15-13-11-9-7-2/h8,10,14,16,20,22,26,28,32,34,37-38,40,42,46,48,72-73,77H,6-7,9,11-13,15,17-19,21,23-25,27,29-31,33,35-36,39,41,43-45,47,49-71H2,1-5H3,(H-,75,78,79,80)/b10-8-,16-14-,22-20-,28-26-,34-32-,38-37-,42-40-,48-46-. The minimum absolute atomic E-state index is 0.00652. The molecule has 0 rings (SSSR count). The van der Waals surface area contributed by atoms with Crippen LogP contribution < -0.4 is 10.2 Å². The van der Waals surface area contributed by atoms with Crippen LogP contribution in [0.15, 0.2) is 97.2 Å². The smallest absolute Gasteiger partial charge is 0.268 e. The molecule has 0 aromatic heterocycles. The molecule has 0 aliphatic heterocycles. The third kappa shape index (κ3) is 66.8. The second-order valence-electron chi connectivity index (χ2n) is 24.9. The topological polar surface area (TPSA) is 108 Å². The van der Waals surface area contributed by atoms with E-state index >= 15 is 0 Å². The summed E-state index contributed by atoms with van der Waals surface area (Å²) in [7, 11) is 1.30. The van der Waals surface area contributed by atoms with E-state index in [1.807, 2.05) is 21.1 Å². The van der Waals surface area contributed by atoms with Crippen LogP contribution in [0.2, 0.25) is 0 Å². The van der Waals surface area contributed by atoms with Gasteiger partial charge in [0, 0.05) is 6.42 Å². The lowest BCUT2D eigenvalue weighted by molar-refractivity contribution is -0.870. The Morgan fingerprint density at radius 2 is 0.735 bits per heavy atom. The van der Waals surface area contributed by atoms with E-state index < -0.39 is 20.0 Å². The molecule has 0 aromatic rings. The number of quaternary nitrogens is 1. The third-order valence-corrected chi connectivity index (χ3v) is 16.6. The van der Waals surface area contributed by atoms with E-state index in [4.69, 9.17) is 9.05 Å². The maximum Gasteiger partial charge on any atom is 0.268 e. The number of rotatable bonds is 64. The van der Waals surface area contributed by atoms with Crippen molar-refractivity contribution in [3.63, 3.8) is 0 Å². The molecule has 9 heteroatoms. The van der Waals surface area contributed by atoms with Gasteiger partial charge < -0.3 is 28.8 Å². The van der Waals surface area contributed by atoms with Gasteiger partial charge in [-0.25, -0.2) is 0 Å². The van der Waals surface area contributed by atoms with Gasteiger partial charge in [-0.2, -0.15) is 0 Å². The van der Waals surface area contributed by atoms with E-state index in [1.165, 1.54) is 193 Å². The number of unbranched alkanes of at least 4 members (excludes halogenated alkanes) is 35. The van der Waals surface area contributed by atoms with Crippen molar-refractivity contribution in [1.82, 2.24) is 5.32 Å². The average Bonchev–Trinajstić information content (AvgIpc) is 3.49. The molecule has 0 saturated heterocycles. The van der Waals surface area contributed by atoms with Crippen molar-refractivity contribution in [2.75, 3.05) is 40.9 Å². The summed E-state index contributed by atoms with van der Waals surface area (Å²) < 4.78 is 23.5. The molecule has 0 aromatic carbocycles. The van der Waals surface area contributed by atoms with Crippen LogP contribution in [-0.2, 0) is 18.4 Å². The van der Waals surface area contributed by atoms with Crippen molar-refractivity contribution in [3.8, 4) is 0 Å². The third-order valence-electron chi connectivity index (χ3n) is 15.6. The molecule has 0 fully saturated rings. The minimum Gasteiger partial charge on any atom is -0.756 e. The molecule has 8 nitrogen and oxygen atoms in total. The Hall–Kier alpha value is -2.58. The van der Waals surface area contributed by atoms with E-state index in [2.05, 4.69) is 116 Å². The summed E-state index contributed by atoms with van der Waals surface area (Å²) in [4.78, 5) is 25.7. The molecule has 0 radical (unpaired) electrons. The zero-order chi connectivity index (χ0) is 60.5. The minimum atomic E-state index is -4.59. The number of aliphatic hydroxyl groups excluding tert-OH is 1. The number of amides is 1. The fourth-order valence-corrected chi connectivity index (χ4v) is 10.9. The molecule has 0 heterocycles. The second kappa shape index (κ2) is 63.9. The first-order chi connectivity index (χ1) is 40.5. The lowest BCUT2D eigenvalue weighted by Crippen LogP contribution is -2.46. The molecule has 482 valence electrons. The number of carbonyl (C=O) groups is 1. The lowest BCUT2D eigenvalue weighted by Gasteiger charge is -2.30. The van der Waals surface area contributed by atoms with E-state index in [0.29, 0.717) is 23.9 Å². The first kappa shape index (κ1) is 80.4. The Labute approximate surface area is 515 Å². The van der Waals surface area contributed by atoms with Gasteiger partial charge in [-0.05, 0) is 77.0 Å². The van der Waals surface area contributed by atoms with Gasteiger partial charge in [-0.15, -0.1) is 0 Å². The highest BCUT2D eigenvalue weighted by atomic mass is 31.2. The molecular formula is C74H135N2O6P. The number of phosphoric ester groups is 1. The first-order valence-corrected chi connectivity index (χ1v) is 36.5. The van der Waals surface area contributed by atoms with E-state index in [-0.39, 0.29) is 19.1 Å². The number of aliphatic hydroxyl groups is 1. The molecule has 1 amide bonds. The quantitative estimate of drug-likeness (QED) is 0.0272. The molecule has 0 aliphatic rings. The van der Waals surface area contributed by atoms with Gasteiger partial charge in [0.2, 0.25) is 5.91 Å². The van der Waals surface area contributed by atoms with Crippen LogP contribution in [0.5, 0.6) is 0 Å². The number of hydrogen-bond donors (Lipinski definition) is 2. The summed E-state index contributed by atoms with van der Waals surface area (Å²) in [6, 6.07) is -0.814. The van der Waals surface area contributed by atoms with Crippen LogP contribution in [-0.4, -0.2) is 68.5 Å². The summed E-state index contributed by atoms with van der Waals surface area (Å²) in [6.07, 6.45) is 91.9. The van der Waals surface area contributed by atoms with E-state index in [1.54, 1.807) is 0 Å². The highest BCUT2D eigenvalue weighted by molar-refractivity contribution is 7.45. The Morgan fingerprint density at radius 3 is 1.07 bits per heavy atom. The van der Waals surface area contributed by atoms with Crippen molar-refractivity contribution in [2.24, 2.45) is 0 Å². The Balaban J connectivity index is 4.11. The van der Waals surface area contributed by atoms with Gasteiger partial charge in [-0.1, -0.05) is 329 Å². The van der Waals surface area contributed by atoms with Crippen LogP contribution in [0, 0.1) is 0 Å². The van der Waals surface area contributed by atoms with Gasteiger partial charge >= 0.3 is 0 Å². The van der Waals surface area contributed by atoms with Crippen LogP contribution in [0.1, 0.15) is 316 Å². The fourth-order valence-electron chi connectivity index (χ4n) is 10.2. The van der Waals surface area contributed by atoms with Crippen molar-refractivity contribution >= 4 is 13.7 Å². The Kier molecular flexibility index (Phi) is 61.9. The summed E-state index contributed by atoms with van der Waals surface area (Å²) in [5, 5.41) is 14.1. The molecule has 0 saturated carbocycles. The normalized spacial score (nSPS) is 14.3. The van der Waals surface area contributed by atoms with E-state index in [0.717, 1.165) is 96.3 Å². The van der Waals surface area contributed by atoms with Crippen molar-refractivity contribution in [3.05, 3.63) is 97.2 Å². The molecule has 0 spiro atoms. The molecular weight excluding hydrogens is 1040 g/mol. The number of nitrogens with one attached hydrogen (secondary N) is 1. The number of phosphoric acid groups is 1. The summed E-state index contributed by atoms with van der Waals surface area (Å²) in [5.74, 6) is -0.173. The summed E-state index contributed by atoms with van der Waals surface area (Å²) in [6.45, 7) is 4.63. The molecule has 0 aliphatic carbocycles. The molecule has 0 bridgehead atoms. The Bertz CT molecular complexity index is 1670. The highest BCUT2D eigenvalue weighted by Gasteiger charge is 2.24. The van der Waals surface area contributed by atoms with Crippen molar-refractivity contribution < 1.29 is 32.9 Å². The largest absolute Gasteiger partial charge is 0.756 e. The maximum absolute atomic E-state index is 13.1. The zero-order valence-corrected chi connectivity index (χ0v) is 56.0. The van der Waals surface area contributed by atoms with Crippen LogP contribution in [0.3, 0.4) is 0 Å². The predicted octanol–water partition coefficient (Wildman–Crippen LogP) is 21.9. The van der Waals surface area contributed by atoms with E-state index in [9.17, 15) is 19.4 Å². The number of carbonyl (C=O) groups excluding carboxylic acids is 1. The number of likely N-dealkylation sites (N-methyl/N-ethyl adjacent to an activating group) is 1. The summed E-state index contributed by atoms with van der Waals surface area (Å²) >= 11 is 0. The molecule has 2 N–H and O–H groups in total. The highest BCUT2D eigenvalue weighted by Crippen LogP contribution is 2.38. The zero-order valence-electron chi connectivity index (χ0n) is 55.1. The average molecular weight is 1180 g/mol. The molecule has 3 atom stereocenters. The predicted molar refractivity (Wildman–Crippen MR) is 362 cm³/mol. The number of hydrogen-bond acceptors (Lipinski definition) is 6. The van der Waals surface area contributed by atoms with Gasteiger partial charge in [0.1, 0.15) is 13.2 Å². The lowest BCUT2D eigenvalue weighted by atomic mass is 10.0. The molecule has 3 unspecified atom stereocenters. The van der Waals surface area contributed by atoms with Crippen LogP contribution in [0.25, 0.3) is 0 Å². The number of allylic oxidation sites excluding steroid dienone is 16. The van der Waals surface area contributed by atoms with Gasteiger partial charge in [0.15, 0.2) is 0 Å². The van der Waals surface area contributed by atoms with Crippen LogP contribution in [0.4, 0.5) is 0 Å². The fraction of sp³-hybridized carbons (Fsp3) is 0.770. The Morgan fingerprint density at radius 1 is 0.434 bits per heavy atom.